The van der Waals surface area contributed by atoms with Gasteiger partial charge in [0.05, 0.1) is 49.9 Å². The van der Waals surface area contributed by atoms with Crippen molar-refractivity contribution in [1.29, 1.82) is 0 Å². The summed E-state index contributed by atoms with van der Waals surface area (Å²) < 4.78 is 11.5. The average Bonchev–Trinajstić information content (AvgIpc) is 3.81. The number of hydrogen-bond acceptors (Lipinski definition) is 6. The van der Waals surface area contributed by atoms with E-state index >= 15 is 0 Å². The van der Waals surface area contributed by atoms with Crippen LogP contribution in [0.4, 0.5) is 9.59 Å². The molecule has 2 aliphatic heterocycles. The van der Waals surface area contributed by atoms with Crippen molar-refractivity contribution < 1.29 is 19.1 Å². The third-order valence-electron chi connectivity index (χ3n) is 9.41. The number of nitrogens with one attached hydrogen (secondary N) is 2. The van der Waals surface area contributed by atoms with Gasteiger partial charge in [0.15, 0.2) is 0 Å². The van der Waals surface area contributed by atoms with Crippen molar-refractivity contribution in [2.45, 2.75) is 96.4 Å². The first-order valence-corrected chi connectivity index (χ1v) is 20.8. The third-order valence-corrected chi connectivity index (χ3v) is 12.1. The summed E-state index contributed by atoms with van der Waals surface area (Å²) in [5, 5.41) is 0. The largest absolute Gasteiger partial charge is 0.444 e. The van der Waals surface area contributed by atoms with Crippen molar-refractivity contribution in [3.63, 3.8) is 0 Å². The molecule has 3 aliphatic rings. The lowest BCUT2D eigenvalue weighted by molar-refractivity contribution is 0.0166. The molecule has 2 saturated heterocycles. The molecular formula is C39H46N6O4Si. The number of aromatic amines is 2. The second kappa shape index (κ2) is 12.2. The highest BCUT2D eigenvalue weighted by Crippen LogP contribution is 2.43. The molecule has 4 heterocycles. The van der Waals surface area contributed by atoms with Crippen LogP contribution >= 0.6 is 0 Å². The van der Waals surface area contributed by atoms with Crippen LogP contribution in [0.5, 0.6) is 0 Å². The zero-order chi connectivity index (χ0) is 35.6. The molecule has 0 radical (unpaired) electrons. The number of benzene rings is 2. The van der Waals surface area contributed by atoms with Crippen LogP contribution in [-0.4, -0.2) is 73.4 Å². The van der Waals surface area contributed by atoms with Gasteiger partial charge in [0.1, 0.15) is 28.9 Å². The molecule has 2 N–H and O–H groups in total. The van der Waals surface area contributed by atoms with Gasteiger partial charge in [0.2, 0.25) is 0 Å². The molecule has 50 heavy (non-hydrogen) atoms. The predicted molar refractivity (Wildman–Crippen MR) is 195 cm³/mol. The molecule has 0 saturated carbocycles. The Morgan fingerprint density at radius 1 is 0.740 bits per heavy atom. The van der Waals surface area contributed by atoms with Crippen LogP contribution in [0.1, 0.15) is 71.7 Å². The highest BCUT2D eigenvalue weighted by molar-refractivity contribution is 6.78. The third kappa shape index (κ3) is 6.81. The van der Waals surface area contributed by atoms with Crippen LogP contribution in [0.3, 0.4) is 0 Å². The predicted octanol–water partition coefficient (Wildman–Crippen LogP) is 8.36. The molecule has 0 bridgehead atoms. The number of aromatic nitrogens is 4. The molecule has 10 nitrogen and oxygen atoms in total. The lowest BCUT2D eigenvalue weighted by Crippen LogP contribution is -2.43. The lowest BCUT2D eigenvalue weighted by Gasteiger charge is -2.31. The number of carbonyl (C=O) groups is 2. The number of ether oxygens (including phenoxy) is 2. The fourth-order valence-corrected chi connectivity index (χ4v) is 9.95. The minimum Gasteiger partial charge on any atom is -0.444 e. The average molecular weight is 691 g/mol. The molecular weight excluding hydrogens is 645 g/mol. The number of fused-ring (bicyclic) bond motifs is 1. The number of nitrogens with zero attached hydrogens (tertiary/aromatic N) is 4. The molecule has 1 aliphatic carbocycles. The molecule has 4 aromatic rings. The van der Waals surface area contributed by atoms with Gasteiger partial charge in [-0.25, -0.2) is 19.6 Å². The number of rotatable bonds is 5. The molecule has 0 unspecified atom stereocenters. The molecule has 2 aromatic heterocycles. The Labute approximate surface area is 295 Å². The summed E-state index contributed by atoms with van der Waals surface area (Å²) in [6.45, 7) is 15.9. The van der Waals surface area contributed by atoms with Crippen LogP contribution in [0.25, 0.3) is 33.6 Å². The van der Waals surface area contributed by atoms with E-state index in [4.69, 9.17) is 14.5 Å². The van der Waals surface area contributed by atoms with Gasteiger partial charge in [0.25, 0.3) is 0 Å². The van der Waals surface area contributed by atoms with E-state index in [-0.39, 0.29) is 36.2 Å². The molecule has 11 heteroatoms. The van der Waals surface area contributed by atoms with Crippen LogP contribution in [0.15, 0.2) is 60.9 Å². The minimum absolute atomic E-state index is 0.116. The Hall–Kier alpha value is -4.82. The van der Waals surface area contributed by atoms with Crippen LogP contribution in [0, 0.1) is 17.8 Å². The quantitative estimate of drug-likeness (QED) is 0.161. The highest BCUT2D eigenvalue weighted by Gasteiger charge is 2.49. The number of amides is 2. The molecule has 260 valence electrons. The van der Waals surface area contributed by atoms with Crippen molar-refractivity contribution >= 4 is 20.3 Å². The summed E-state index contributed by atoms with van der Waals surface area (Å²) in [6.07, 6.45) is 4.54. The zero-order valence-corrected chi connectivity index (χ0v) is 31.1. The monoisotopic (exact) mass is 690 g/mol. The van der Waals surface area contributed by atoms with Gasteiger partial charge in [-0.05, 0) is 76.3 Å². The number of H-pyrrole nitrogens is 2. The maximum atomic E-state index is 13.1. The first-order chi connectivity index (χ1) is 23.5. The summed E-state index contributed by atoms with van der Waals surface area (Å²) >= 11 is 0. The smallest absolute Gasteiger partial charge is 0.411 e. The summed E-state index contributed by atoms with van der Waals surface area (Å²) in [6, 6.07) is 17.2. The first kappa shape index (κ1) is 33.7. The van der Waals surface area contributed by atoms with Crippen molar-refractivity contribution in [3.8, 4) is 45.5 Å². The van der Waals surface area contributed by atoms with E-state index < -0.39 is 19.3 Å². The summed E-state index contributed by atoms with van der Waals surface area (Å²) in [4.78, 5) is 46.2. The van der Waals surface area contributed by atoms with E-state index in [1.165, 1.54) is 0 Å². The van der Waals surface area contributed by atoms with E-state index in [0.29, 0.717) is 0 Å². The van der Waals surface area contributed by atoms with E-state index in [0.717, 1.165) is 63.9 Å². The van der Waals surface area contributed by atoms with Gasteiger partial charge in [0, 0.05) is 6.17 Å². The van der Waals surface area contributed by atoms with Gasteiger partial charge in [-0.15, -0.1) is 0 Å². The number of hydrogen-bond donors (Lipinski definition) is 2. The maximum Gasteiger partial charge on any atom is 0.411 e. The normalized spacial score (nSPS) is 22.4. The topological polar surface area (TPSA) is 116 Å². The van der Waals surface area contributed by atoms with E-state index in [1.807, 2.05) is 58.8 Å². The van der Waals surface area contributed by atoms with Crippen molar-refractivity contribution in [2.24, 2.45) is 5.92 Å². The second-order valence-corrected chi connectivity index (χ2v) is 21.5. The Kier molecular flexibility index (Phi) is 8.21. The summed E-state index contributed by atoms with van der Waals surface area (Å²) in [5.74, 6) is 8.02. The molecule has 2 fully saturated rings. The fraction of sp³-hybridized carbons (Fsp3) is 0.436. The van der Waals surface area contributed by atoms with E-state index in [1.54, 1.807) is 4.90 Å². The van der Waals surface area contributed by atoms with E-state index in [9.17, 15) is 9.59 Å². The van der Waals surface area contributed by atoms with Gasteiger partial charge in [-0.1, -0.05) is 73.5 Å². The Morgan fingerprint density at radius 2 is 1.22 bits per heavy atom. The maximum absolute atomic E-state index is 13.1. The Balaban J connectivity index is 1.03. The van der Waals surface area contributed by atoms with Crippen molar-refractivity contribution in [2.75, 3.05) is 6.17 Å². The Morgan fingerprint density at radius 3 is 1.70 bits per heavy atom. The summed E-state index contributed by atoms with van der Waals surface area (Å²) in [5.41, 5.74) is 4.90. The number of carbonyl (C=O) groups excluding carboxylic acids is 2. The SMILES string of the molecule is CC(C)(C)OC(=O)N1C[Si](C)(C)C[C@H]1c1ncc(-c2ccc(-c3ccc(-c4cnc([C@@H]5C[C@H]6C#C[C@H]6N5C(=O)OC(C)(C)C)[nH]4)cc3)cc2)[nH]1. The fourth-order valence-electron chi connectivity index (χ4n) is 7.09. The standard InChI is InChI=1S/C39H46N6O4Si/c1-38(2,3)48-36(46)44-23-50(7,8)22-33(44)35-41-21-30(43-35)27-15-11-25(12-16-27)24-9-13-26(14-10-24)29-20-40-34(42-29)32-19-28-17-18-31(28)45(32)37(47)49-39(4,5)6/h9-16,20-21,28,31-33H,19,22-23H2,1-8H3,(H,40,42)(H,41,43)/t28-,31-,32+,33+/m1/s1. The molecule has 0 spiro atoms. The molecule has 2 amide bonds. The highest BCUT2D eigenvalue weighted by atomic mass is 28.3. The van der Waals surface area contributed by atoms with Gasteiger partial charge in [-0.2, -0.15) is 0 Å². The minimum atomic E-state index is -1.61. The molecule has 7 rings (SSSR count). The van der Waals surface area contributed by atoms with Gasteiger partial charge >= 0.3 is 12.2 Å². The van der Waals surface area contributed by atoms with Crippen LogP contribution < -0.4 is 0 Å². The van der Waals surface area contributed by atoms with Crippen molar-refractivity contribution in [3.05, 3.63) is 72.6 Å². The number of likely N-dealkylation sites (tertiary alicyclic amines) is 1. The molecule has 2 aromatic carbocycles. The van der Waals surface area contributed by atoms with Crippen LogP contribution in [0.2, 0.25) is 19.1 Å². The first-order valence-electron chi connectivity index (χ1n) is 17.4. The Bertz CT molecular complexity index is 1890. The number of imidazole rings is 2. The summed E-state index contributed by atoms with van der Waals surface area (Å²) in [7, 11) is -1.61. The van der Waals surface area contributed by atoms with Crippen molar-refractivity contribution in [1.82, 2.24) is 29.7 Å². The van der Waals surface area contributed by atoms with Gasteiger partial charge in [-0.3, -0.25) is 4.90 Å². The lowest BCUT2D eigenvalue weighted by atomic mass is 9.92. The molecule has 4 atom stereocenters. The van der Waals surface area contributed by atoms with Gasteiger partial charge < -0.3 is 24.3 Å². The van der Waals surface area contributed by atoms with E-state index in [2.05, 4.69) is 88.4 Å². The zero-order valence-electron chi connectivity index (χ0n) is 30.1. The van der Waals surface area contributed by atoms with Crippen LogP contribution in [-0.2, 0) is 9.47 Å². The second-order valence-electron chi connectivity index (χ2n) is 16.5.